The number of nitrogens with zero attached hydrogens (tertiary/aromatic N) is 2. The van der Waals surface area contributed by atoms with E-state index < -0.39 is 0 Å². The molecule has 2 aliphatic rings. The van der Waals surface area contributed by atoms with E-state index in [0.29, 0.717) is 13.0 Å². The Morgan fingerprint density at radius 1 is 1.33 bits per heavy atom. The summed E-state index contributed by atoms with van der Waals surface area (Å²) in [5.41, 5.74) is 2.08. The summed E-state index contributed by atoms with van der Waals surface area (Å²) in [5, 5.41) is 16.3. The number of carbonyl (C=O) groups excluding carboxylic acids is 1. The topological polar surface area (TPSA) is 75.5 Å². The number of fused-ring (bicyclic) bond motifs is 3. The van der Waals surface area contributed by atoms with Crippen LogP contribution < -0.4 is 10.2 Å². The molecule has 2 aromatic rings. The van der Waals surface area contributed by atoms with Crippen molar-refractivity contribution in [3.63, 3.8) is 0 Å². The van der Waals surface area contributed by atoms with E-state index in [4.69, 9.17) is 0 Å². The number of piperidine rings is 1. The summed E-state index contributed by atoms with van der Waals surface area (Å²) in [7, 11) is 0. The van der Waals surface area contributed by atoms with Gasteiger partial charge in [0.05, 0.1) is 10.8 Å². The molecule has 142 valence electrons. The molecule has 0 saturated carbocycles. The Kier molecular flexibility index (Phi) is 5.11. The van der Waals surface area contributed by atoms with E-state index in [1.54, 1.807) is 23.5 Å². The maximum atomic E-state index is 12.9. The van der Waals surface area contributed by atoms with Crippen LogP contribution in [0.15, 0.2) is 35.7 Å². The molecular weight excluding hydrogens is 362 g/mol. The first kappa shape index (κ1) is 18.0. The fourth-order valence-corrected chi connectivity index (χ4v) is 5.05. The number of carbonyl (C=O) groups is 1. The maximum absolute atomic E-state index is 12.9. The Morgan fingerprint density at radius 2 is 2.22 bits per heavy atom. The first-order chi connectivity index (χ1) is 13.1. The summed E-state index contributed by atoms with van der Waals surface area (Å²) in [6.45, 7) is 1.54. The van der Waals surface area contributed by atoms with Crippen LogP contribution in [0.4, 0.5) is 11.4 Å². The van der Waals surface area contributed by atoms with Gasteiger partial charge in [-0.15, -0.1) is 11.3 Å². The van der Waals surface area contributed by atoms with Gasteiger partial charge >= 0.3 is 0 Å². The van der Waals surface area contributed by atoms with Crippen molar-refractivity contribution in [2.45, 2.75) is 38.1 Å². The van der Waals surface area contributed by atoms with Crippen molar-refractivity contribution in [3.8, 4) is 0 Å². The molecule has 0 radical (unpaired) electrons. The van der Waals surface area contributed by atoms with Crippen molar-refractivity contribution in [2.75, 3.05) is 18.0 Å². The number of hydrogen-bond acceptors (Lipinski definition) is 5. The van der Waals surface area contributed by atoms with Gasteiger partial charge in [-0.1, -0.05) is 6.07 Å². The summed E-state index contributed by atoms with van der Waals surface area (Å²) in [4.78, 5) is 27.3. The summed E-state index contributed by atoms with van der Waals surface area (Å²) in [6, 6.07) is 9.37. The molecule has 1 N–H and O–H groups in total. The van der Waals surface area contributed by atoms with Gasteiger partial charge in [-0.3, -0.25) is 14.9 Å². The van der Waals surface area contributed by atoms with E-state index >= 15 is 0 Å². The largest absolute Gasteiger partial charge is 0.368 e. The Bertz CT molecular complexity index is 837. The number of nitro groups is 1. The van der Waals surface area contributed by atoms with Crippen molar-refractivity contribution in [3.05, 3.63) is 56.3 Å². The van der Waals surface area contributed by atoms with Gasteiger partial charge in [-0.25, -0.2) is 0 Å². The van der Waals surface area contributed by atoms with Crippen molar-refractivity contribution < 1.29 is 9.72 Å². The number of non-ortho nitro benzene ring substituents is 1. The van der Waals surface area contributed by atoms with E-state index in [9.17, 15) is 14.9 Å². The predicted octanol–water partition coefficient (Wildman–Crippen LogP) is 3.55. The fourth-order valence-electron chi connectivity index (χ4n) is 4.34. The van der Waals surface area contributed by atoms with E-state index in [1.807, 2.05) is 17.5 Å². The van der Waals surface area contributed by atoms with Crippen LogP contribution in [0.1, 0.15) is 29.7 Å². The number of benzene rings is 1. The number of rotatable bonds is 5. The van der Waals surface area contributed by atoms with Crippen LogP contribution in [0.25, 0.3) is 0 Å². The van der Waals surface area contributed by atoms with Crippen molar-refractivity contribution in [2.24, 2.45) is 5.92 Å². The highest BCUT2D eigenvalue weighted by Gasteiger charge is 2.39. The lowest BCUT2D eigenvalue weighted by Crippen LogP contribution is -2.53. The highest BCUT2D eigenvalue weighted by molar-refractivity contribution is 7.09. The monoisotopic (exact) mass is 385 g/mol. The highest BCUT2D eigenvalue weighted by atomic mass is 32.1. The van der Waals surface area contributed by atoms with E-state index in [1.165, 1.54) is 4.88 Å². The maximum Gasteiger partial charge on any atom is 0.269 e. The predicted molar refractivity (Wildman–Crippen MR) is 106 cm³/mol. The van der Waals surface area contributed by atoms with Gasteiger partial charge in [0.25, 0.3) is 5.69 Å². The second kappa shape index (κ2) is 7.68. The van der Waals surface area contributed by atoms with E-state index in [0.717, 1.165) is 43.5 Å². The molecule has 1 amide bonds. The molecule has 4 rings (SSSR count). The zero-order valence-electron chi connectivity index (χ0n) is 15.1. The number of hydrogen-bond donors (Lipinski definition) is 1. The molecule has 2 atom stereocenters. The number of nitro benzene ring substituents is 1. The Balaban J connectivity index is 1.52. The number of amides is 1. The molecule has 0 spiro atoms. The summed E-state index contributed by atoms with van der Waals surface area (Å²) >= 11 is 1.70. The molecular formula is C20H23N3O3S. The van der Waals surface area contributed by atoms with Gasteiger partial charge in [0.1, 0.15) is 0 Å². The molecule has 6 nitrogen and oxygen atoms in total. The molecule has 7 heteroatoms. The molecule has 1 aromatic heterocycles. The zero-order chi connectivity index (χ0) is 18.8. The number of nitrogens with one attached hydrogen (secondary N) is 1. The molecule has 2 aliphatic heterocycles. The van der Waals surface area contributed by atoms with Gasteiger partial charge in [0.15, 0.2) is 0 Å². The zero-order valence-corrected chi connectivity index (χ0v) is 15.9. The number of anilines is 1. The van der Waals surface area contributed by atoms with Crippen LogP contribution in [-0.2, 0) is 17.6 Å². The third-order valence-electron chi connectivity index (χ3n) is 5.62. The third-order valence-corrected chi connectivity index (χ3v) is 6.56. The molecule has 27 heavy (non-hydrogen) atoms. The first-order valence-corrected chi connectivity index (χ1v) is 10.4. The molecule has 1 fully saturated rings. The van der Waals surface area contributed by atoms with Crippen LogP contribution in [0.2, 0.25) is 0 Å². The average molecular weight is 385 g/mol. The van der Waals surface area contributed by atoms with Crippen LogP contribution in [0.5, 0.6) is 0 Å². The minimum absolute atomic E-state index is 0.0700. The Hall–Kier alpha value is -2.41. The molecule has 0 bridgehead atoms. The molecule has 0 aliphatic carbocycles. The van der Waals surface area contributed by atoms with Gasteiger partial charge in [-0.2, -0.15) is 0 Å². The summed E-state index contributed by atoms with van der Waals surface area (Å²) in [6.07, 6.45) is 4.64. The SMILES string of the molecule is O=C(NCCc1cccs1)C1Cc2cc([N+](=O)[O-])ccc2N2CCCCC12. The normalized spacial score (nSPS) is 21.3. The van der Waals surface area contributed by atoms with Gasteiger partial charge < -0.3 is 10.2 Å². The van der Waals surface area contributed by atoms with E-state index in [2.05, 4.69) is 16.3 Å². The first-order valence-electron chi connectivity index (χ1n) is 9.47. The average Bonchev–Trinajstić information content (AvgIpc) is 3.20. The molecule has 1 saturated heterocycles. The molecule has 3 heterocycles. The lowest BCUT2D eigenvalue weighted by molar-refractivity contribution is -0.384. The van der Waals surface area contributed by atoms with Gasteiger partial charge in [0, 0.05) is 41.8 Å². The summed E-state index contributed by atoms with van der Waals surface area (Å²) < 4.78 is 0. The molecule has 1 aromatic carbocycles. The standard InChI is InChI=1S/C20H23N3O3S/c24-20(21-9-8-16-4-3-11-27-16)17-13-14-12-15(23(25)26)6-7-18(14)22-10-2-1-5-19(17)22/h3-4,6-7,11-12,17,19H,1-2,5,8-10,13H2,(H,21,24). The lowest BCUT2D eigenvalue weighted by Gasteiger charge is -2.45. The van der Waals surface area contributed by atoms with Crippen LogP contribution in [-0.4, -0.2) is 30.0 Å². The second-order valence-electron chi connectivity index (χ2n) is 7.26. The van der Waals surface area contributed by atoms with Gasteiger partial charge in [0.2, 0.25) is 5.91 Å². The van der Waals surface area contributed by atoms with Crippen molar-refractivity contribution in [1.82, 2.24) is 5.32 Å². The molecule has 2 unspecified atom stereocenters. The van der Waals surface area contributed by atoms with Crippen LogP contribution in [0.3, 0.4) is 0 Å². The number of thiophene rings is 1. The minimum Gasteiger partial charge on any atom is -0.368 e. The quantitative estimate of drug-likeness (QED) is 0.631. The smallest absolute Gasteiger partial charge is 0.269 e. The van der Waals surface area contributed by atoms with Crippen LogP contribution in [0, 0.1) is 16.0 Å². The van der Waals surface area contributed by atoms with E-state index in [-0.39, 0.29) is 28.5 Å². The van der Waals surface area contributed by atoms with Crippen molar-refractivity contribution in [1.29, 1.82) is 0 Å². The third kappa shape index (κ3) is 3.69. The summed E-state index contributed by atoms with van der Waals surface area (Å²) in [5.74, 6) is -0.0799. The van der Waals surface area contributed by atoms with Crippen molar-refractivity contribution >= 4 is 28.6 Å². The van der Waals surface area contributed by atoms with Gasteiger partial charge in [-0.05, 0) is 55.2 Å². The highest BCUT2D eigenvalue weighted by Crippen LogP contribution is 2.39. The fraction of sp³-hybridized carbons (Fsp3) is 0.450. The van der Waals surface area contributed by atoms with Crippen LogP contribution >= 0.6 is 11.3 Å². The minimum atomic E-state index is -0.362. The lowest BCUT2D eigenvalue weighted by atomic mass is 9.80. The Labute approximate surface area is 162 Å². The Morgan fingerprint density at radius 3 is 3.00 bits per heavy atom. The second-order valence-corrected chi connectivity index (χ2v) is 8.29.